The van der Waals surface area contributed by atoms with Crippen LogP contribution in [0.4, 0.5) is 0 Å². The summed E-state index contributed by atoms with van der Waals surface area (Å²) in [5.41, 5.74) is 0. The van der Waals surface area contributed by atoms with Gasteiger partial charge >= 0.3 is 0 Å². The average Bonchev–Trinajstić information content (AvgIpc) is 2.47. The number of aliphatic hydroxyl groups is 1. The second-order valence-corrected chi connectivity index (χ2v) is 5.78. The molecule has 0 heterocycles. The molecule has 20 heavy (non-hydrogen) atoms. The van der Waals surface area contributed by atoms with E-state index in [4.69, 9.17) is 5.11 Å². The first kappa shape index (κ1) is 19.4. The van der Waals surface area contributed by atoms with Gasteiger partial charge in [-0.05, 0) is 25.3 Å². The molecule has 2 nitrogen and oxygen atoms in total. The van der Waals surface area contributed by atoms with Crippen molar-refractivity contribution in [3.8, 4) is 0 Å². The highest BCUT2D eigenvalue weighted by Crippen LogP contribution is 2.13. The van der Waals surface area contributed by atoms with Crippen molar-refractivity contribution in [2.24, 2.45) is 0 Å². The van der Waals surface area contributed by atoms with Crippen LogP contribution in [-0.2, 0) is 4.79 Å². The Morgan fingerprint density at radius 3 is 1.30 bits per heavy atom. The number of rotatable bonds is 16. The Hall–Kier alpha value is -0.590. The Morgan fingerprint density at radius 1 is 0.600 bits per heavy atom. The molecule has 118 valence electrons. The first-order valence-corrected chi connectivity index (χ1v) is 8.72. The first-order chi connectivity index (χ1) is 9.91. The molecule has 1 N–H and O–H groups in total. The molecule has 0 rings (SSSR count). The predicted molar refractivity (Wildman–Crippen MR) is 86.6 cm³/mol. The van der Waals surface area contributed by atoms with Gasteiger partial charge in [-0.25, -0.2) is 4.79 Å². The summed E-state index contributed by atoms with van der Waals surface area (Å²) in [7, 11) is 0. The molecule has 0 saturated carbocycles. The van der Waals surface area contributed by atoms with Gasteiger partial charge in [0.05, 0.1) is 0 Å². The summed E-state index contributed by atoms with van der Waals surface area (Å²) < 4.78 is 0. The minimum Gasteiger partial charge on any atom is -0.396 e. The fourth-order valence-electron chi connectivity index (χ4n) is 2.54. The van der Waals surface area contributed by atoms with Crippen molar-refractivity contribution in [3.63, 3.8) is 0 Å². The Bertz CT molecular complexity index is 219. The zero-order valence-corrected chi connectivity index (χ0v) is 13.2. The lowest BCUT2D eigenvalue weighted by molar-refractivity contribution is 0.282. The van der Waals surface area contributed by atoms with Crippen LogP contribution in [0.3, 0.4) is 0 Å². The van der Waals surface area contributed by atoms with Crippen LogP contribution in [0.15, 0.2) is 6.08 Å². The predicted octanol–water partition coefficient (Wildman–Crippen LogP) is 5.22. The van der Waals surface area contributed by atoms with Crippen LogP contribution in [0, 0.1) is 0 Å². The van der Waals surface area contributed by atoms with Crippen molar-refractivity contribution >= 4 is 5.94 Å². The molecule has 0 fully saturated rings. The molecule has 2 heteroatoms. The van der Waals surface area contributed by atoms with E-state index in [-0.39, 0.29) is 0 Å². The summed E-state index contributed by atoms with van der Waals surface area (Å²) in [6.07, 6.45) is 20.7. The third-order valence-corrected chi connectivity index (χ3v) is 3.84. The highest BCUT2D eigenvalue weighted by molar-refractivity contribution is 5.44. The fourth-order valence-corrected chi connectivity index (χ4v) is 2.54. The minimum absolute atomic E-state index is 0.355. The lowest BCUT2D eigenvalue weighted by atomic mass is 10.0. The van der Waals surface area contributed by atoms with Gasteiger partial charge in [0.1, 0.15) is 5.94 Å². The molecule has 0 amide bonds. The van der Waals surface area contributed by atoms with Gasteiger partial charge in [0.25, 0.3) is 0 Å². The zero-order chi connectivity index (χ0) is 14.7. The second-order valence-electron chi connectivity index (χ2n) is 5.78. The average molecular weight is 282 g/mol. The highest BCUT2D eigenvalue weighted by Gasteiger charge is 1.94. The zero-order valence-electron chi connectivity index (χ0n) is 13.2. The van der Waals surface area contributed by atoms with Crippen molar-refractivity contribution < 1.29 is 9.90 Å². The molecule has 0 unspecified atom stereocenters. The van der Waals surface area contributed by atoms with Crippen molar-refractivity contribution in [1.29, 1.82) is 0 Å². The summed E-state index contributed by atoms with van der Waals surface area (Å²) >= 11 is 0. The molecule has 0 saturated heterocycles. The van der Waals surface area contributed by atoms with E-state index in [9.17, 15) is 4.79 Å². The van der Waals surface area contributed by atoms with Gasteiger partial charge in [-0.1, -0.05) is 77.0 Å². The summed E-state index contributed by atoms with van der Waals surface area (Å²) in [4.78, 5) is 9.96. The Morgan fingerprint density at radius 2 is 0.950 bits per heavy atom. The summed E-state index contributed by atoms with van der Waals surface area (Å²) in [5, 5.41) is 8.66. The van der Waals surface area contributed by atoms with Crippen LogP contribution >= 0.6 is 0 Å². The molecule has 0 aliphatic carbocycles. The monoisotopic (exact) mass is 282 g/mol. The van der Waals surface area contributed by atoms with E-state index < -0.39 is 0 Å². The van der Waals surface area contributed by atoms with Crippen LogP contribution < -0.4 is 0 Å². The summed E-state index contributed by atoms with van der Waals surface area (Å²) in [5.74, 6) is 1.83. The lowest BCUT2D eigenvalue weighted by Crippen LogP contribution is -1.85. The third kappa shape index (κ3) is 17.4. The number of carbonyl (C=O) groups excluding carboxylic acids is 1. The molecular formula is C18H34O2. The standard InChI is InChI=1S/C18H34O2/c19-17-15-13-11-9-7-5-3-1-2-4-6-8-10-12-14-16-18-20/h15,20H,1-14,16,18H2. The van der Waals surface area contributed by atoms with Gasteiger partial charge in [-0.2, -0.15) is 0 Å². The fraction of sp³-hybridized carbons (Fsp3) is 0.889. The van der Waals surface area contributed by atoms with Crippen molar-refractivity contribution in [2.75, 3.05) is 6.61 Å². The maximum Gasteiger partial charge on any atom is 0.120 e. The number of hydrogen-bond donors (Lipinski definition) is 1. The van der Waals surface area contributed by atoms with Crippen molar-refractivity contribution in [1.82, 2.24) is 0 Å². The van der Waals surface area contributed by atoms with Crippen LogP contribution in [0.1, 0.15) is 96.3 Å². The first-order valence-electron chi connectivity index (χ1n) is 8.72. The number of unbranched alkanes of at least 4 members (excludes halogenated alkanes) is 14. The molecular weight excluding hydrogens is 248 g/mol. The smallest absolute Gasteiger partial charge is 0.120 e. The number of aliphatic hydroxyl groups excluding tert-OH is 1. The largest absolute Gasteiger partial charge is 0.396 e. The van der Waals surface area contributed by atoms with E-state index in [2.05, 4.69) is 0 Å². The van der Waals surface area contributed by atoms with Crippen molar-refractivity contribution in [2.45, 2.75) is 96.3 Å². The van der Waals surface area contributed by atoms with Gasteiger partial charge in [0.15, 0.2) is 0 Å². The molecule has 0 aromatic carbocycles. The van der Waals surface area contributed by atoms with Crippen LogP contribution in [0.5, 0.6) is 0 Å². The lowest BCUT2D eigenvalue weighted by Gasteiger charge is -2.02. The van der Waals surface area contributed by atoms with Gasteiger partial charge < -0.3 is 5.11 Å². The van der Waals surface area contributed by atoms with E-state index in [1.165, 1.54) is 77.0 Å². The molecule has 0 radical (unpaired) electrons. The SMILES string of the molecule is O=C=CCCCCCCCCCCCCCCCCO. The highest BCUT2D eigenvalue weighted by atomic mass is 16.2. The Kier molecular flexibility index (Phi) is 17.9. The van der Waals surface area contributed by atoms with Gasteiger partial charge in [0.2, 0.25) is 0 Å². The van der Waals surface area contributed by atoms with E-state index in [1.807, 2.05) is 5.94 Å². The third-order valence-electron chi connectivity index (χ3n) is 3.84. The second kappa shape index (κ2) is 18.4. The molecule has 0 aromatic heterocycles. The maximum atomic E-state index is 9.96. The van der Waals surface area contributed by atoms with E-state index in [1.54, 1.807) is 6.08 Å². The van der Waals surface area contributed by atoms with Gasteiger partial charge in [-0.3, -0.25) is 0 Å². The summed E-state index contributed by atoms with van der Waals surface area (Å²) in [6, 6.07) is 0. The van der Waals surface area contributed by atoms with E-state index in [0.29, 0.717) is 6.61 Å². The minimum atomic E-state index is 0.355. The molecule has 0 aliphatic heterocycles. The molecule has 0 aliphatic rings. The normalized spacial score (nSPS) is 10.4. The number of hydrogen-bond acceptors (Lipinski definition) is 2. The molecule has 0 atom stereocenters. The Balaban J connectivity index is 2.94. The van der Waals surface area contributed by atoms with Crippen LogP contribution in [0.2, 0.25) is 0 Å². The van der Waals surface area contributed by atoms with Crippen LogP contribution in [0.25, 0.3) is 0 Å². The maximum absolute atomic E-state index is 9.96. The molecule has 0 aromatic rings. The van der Waals surface area contributed by atoms with Gasteiger partial charge in [-0.15, -0.1) is 0 Å². The number of allylic oxidation sites excluding steroid dienone is 1. The Labute approximate surface area is 125 Å². The summed E-state index contributed by atoms with van der Waals surface area (Å²) in [6.45, 7) is 0.355. The van der Waals surface area contributed by atoms with Crippen molar-refractivity contribution in [3.05, 3.63) is 6.08 Å². The van der Waals surface area contributed by atoms with E-state index in [0.717, 1.165) is 19.3 Å². The van der Waals surface area contributed by atoms with E-state index >= 15 is 0 Å². The molecule has 0 spiro atoms. The quantitative estimate of drug-likeness (QED) is 0.311. The van der Waals surface area contributed by atoms with Gasteiger partial charge in [0, 0.05) is 6.61 Å². The molecule has 0 bridgehead atoms. The topological polar surface area (TPSA) is 37.3 Å². The van der Waals surface area contributed by atoms with Crippen LogP contribution in [-0.4, -0.2) is 17.7 Å².